The first-order valence-corrected chi connectivity index (χ1v) is 8.07. The Kier molecular flexibility index (Phi) is 4.40. The van der Waals surface area contributed by atoms with Gasteiger partial charge in [-0.05, 0) is 43.0 Å². The lowest BCUT2D eigenvalue weighted by Gasteiger charge is -2.13. The van der Waals surface area contributed by atoms with Crippen molar-refractivity contribution in [1.82, 2.24) is 9.88 Å². The fourth-order valence-electron chi connectivity index (χ4n) is 3.15. The summed E-state index contributed by atoms with van der Waals surface area (Å²) in [4.78, 5) is 11.8. The Bertz CT molecular complexity index is 1030. The number of carbonyl (C=O) groups excluding carboxylic acids is 1. The number of nitriles is 1. The summed E-state index contributed by atoms with van der Waals surface area (Å²) in [6, 6.07) is 18.4. The molecule has 0 unspecified atom stereocenters. The van der Waals surface area contributed by atoms with Crippen LogP contribution in [0.3, 0.4) is 0 Å². The van der Waals surface area contributed by atoms with Crippen LogP contribution in [0.25, 0.3) is 22.5 Å². The third-order valence-electron chi connectivity index (χ3n) is 4.37. The van der Waals surface area contributed by atoms with E-state index < -0.39 is 0 Å². The quantitative estimate of drug-likeness (QED) is 0.585. The van der Waals surface area contributed by atoms with Gasteiger partial charge in [0.1, 0.15) is 11.6 Å². The summed E-state index contributed by atoms with van der Waals surface area (Å²) in [7, 11) is 1.52. The number of fused-ring (bicyclic) bond motifs is 1. The molecule has 124 valence electrons. The summed E-state index contributed by atoms with van der Waals surface area (Å²) in [6.45, 7) is 4.03. The van der Waals surface area contributed by atoms with Crippen molar-refractivity contribution in [2.45, 2.75) is 13.8 Å². The molecular formula is C21H19N3O. The number of aryl methyl sites for hydroxylation is 1. The highest BCUT2D eigenvalue weighted by atomic mass is 16.1. The van der Waals surface area contributed by atoms with Crippen LogP contribution >= 0.6 is 0 Å². The standard InChI is InChI=1S/C21H19N3O/c1-14-11-17(12-18(13-22)21(25)23-3)15(2)24(14)20-10-6-8-16-7-4-5-9-19(16)20/h4-12H,1-3H3,(H,23,25)/b18-12+. The molecule has 0 fully saturated rings. The van der Waals surface area contributed by atoms with Gasteiger partial charge in [-0.25, -0.2) is 0 Å². The van der Waals surface area contributed by atoms with Gasteiger partial charge in [-0.3, -0.25) is 4.79 Å². The predicted octanol–water partition coefficient (Wildman–Crippen LogP) is 3.90. The SMILES string of the molecule is CNC(=O)/C(C#N)=C/c1cc(C)n(-c2cccc3ccccc23)c1C. The summed E-state index contributed by atoms with van der Waals surface area (Å²) in [5.74, 6) is -0.377. The van der Waals surface area contributed by atoms with E-state index in [9.17, 15) is 10.1 Å². The van der Waals surface area contributed by atoms with Crippen molar-refractivity contribution in [3.05, 3.63) is 71.1 Å². The molecule has 1 amide bonds. The Hall–Kier alpha value is -3.32. The summed E-state index contributed by atoms with van der Waals surface area (Å²) < 4.78 is 2.16. The van der Waals surface area contributed by atoms with E-state index in [1.54, 1.807) is 6.08 Å². The normalized spacial score (nSPS) is 11.4. The van der Waals surface area contributed by atoms with Crippen molar-refractivity contribution in [3.8, 4) is 11.8 Å². The number of rotatable bonds is 3. The largest absolute Gasteiger partial charge is 0.354 e. The molecule has 0 radical (unpaired) electrons. The Morgan fingerprint density at radius 1 is 1.16 bits per heavy atom. The van der Waals surface area contributed by atoms with E-state index in [0.717, 1.165) is 28.0 Å². The topological polar surface area (TPSA) is 57.8 Å². The highest BCUT2D eigenvalue weighted by Gasteiger charge is 2.14. The van der Waals surface area contributed by atoms with Crippen molar-refractivity contribution in [1.29, 1.82) is 5.26 Å². The number of likely N-dealkylation sites (N-methyl/N-ethyl adjacent to an activating group) is 1. The second-order valence-electron chi connectivity index (χ2n) is 5.91. The van der Waals surface area contributed by atoms with Crippen molar-refractivity contribution < 1.29 is 4.79 Å². The number of carbonyl (C=O) groups is 1. The molecule has 0 aliphatic carbocycles. The van der Waals surface area contributed by atoms with Crippen LogP contribution in [0.2, 0.25) is 0 Å². The number of benzene rings is 2. The van der Waals surface area contributed by atoms with Crippen molar-refractivity contribution in [2.75, 3.05) is 7.05 Å². The third kappa shape index (κ3) is 2.92. The van der Waals surface area contributed by atoms with Crippen molar-refractivity contribution in [3.63, 3.8) is 0 Å². The summed E-state index contributed by atoms with van der Waals surface area (Å²) in [5, 5.41) is 14.1. The van der Waals surface area contributed by atoms with Gasteiger partial charge in [-0.15, -0.1) is 0 Å². The highest BCUT2D eigenvalue weighted by molar-refractivity contribution is 6.01. The van der Waals surface area contributed by atoms with Crippen LogP contribution in [-0.4, -0.2) is 17.5 Å². The van der Waals surface area contributed by atoms with E-state index in [0.29, 0.717) is 0 Å². The van der Waals surface area contributed by atoms with Gasteiger partial charge < -0.3 is 9.88 Å². The van der Waals surface area contributed by atoms with Gasteiger partial charge in [0.05, 0.1) is 5.69 Å². The van der Waals surface area contributed by atoms with Gasteiger partial charge in [0.25, 0.3) is 5.91 Å². The Labute approximate surface area is 147 Å². The number of hydrogen-bond donors (Lipinski definition) is 1. The molecule has 0 atom stereocenters. The van der Waals surface area contributed by atoms with Crippen LogP contribution in [0.4, 0.5) is 0 Å². The number of amides is 1. The second-order valence-corrected chi connectivity index (χ2v) is 5.91. The maximum atomic E-state index is 11.8. The molecule has 0 aliphatic rings. The predicted molar refractivity (Wildman–Crippen MR) is 100 cm³/mol. The average Bonchev–Trinajstić information content (AvgIpc) is 2.91. The molecule has 0 aliphatic heterocycles. The molecule has 0 bridgehead atoms. The fraction of sp³-hybridized carbons (Fsp3) is 0.143. The molecule has 3 rings (SSSR count). The van der Waals surface area contributed by atoms with E-state index in [1.807, 2.05) is 44.2 Å². The van der Waals surface area contributed by atoms with Crippen LogP contribution in [0.5, 0.6) is 0 Å². The Morgan fingerprint density at radius 2 is 1.88 bits per heavy atom. The van der Waals surface area contributed by atoms with Crippen LogP contribution in [0, 0.1) is 25.2 Å². The molecular weight excluding hydrogens is 310 g/mol. The lowest BCUT2D eigenvalue weighted by Crippen LogP contribution is -2.19. The molecule has 4 nitrogen and oxygen atoms in total. The molecule has 3 aromatic rings. The molecule has 1 heterocycles. The number of nitrogens with one attached hydrogen (secondary N) is 1. The minimum absolute atomic E-state index is 0.0978. The zero-order chi connectivity index (χ0) is 18.0. The number of aromatic nitrogens is 1. The molecule has 0 saturated carbocycles. The van der Waals surface area contributed by atoms with E-state index in [2.05, 4.69) is 34.1 Å². The molecule has 0 saturated heterocycles. The maximum Gasteiger partial charge on any atom is 0.261 e. The molecule has 4 heteroatoms. The minimum Gasteiger partial charge on any atom is -0.354 e. The van der Waals surface area contributed by atoms with E-state index >= 15 is 0 Å². The van der Waals surface area contributed by atoms with Gasteiger partial charge in [-0.1, -0.05) is 36.4 Å². The zero-order valence-corrected chi connectivity index (χ0v) is 14.5. The molecule has 2 aromatic carbocycles. The molecule has 1 N–H and O–H groups in total. The lowest BCUT2D eigenvalue weighted by atomic mass is 10.1. The summed E-state index contributed by atoms with van der Waals surface area (Å²) >= 11 is 0. The highest BCUT2D eigenvalue weighted by Crippen LogP contribution is 2.28. The lowest BCUT2D eigenvalue weighted by molar-refractivity contribution is -0.116. The minimum atomic E-state index is -0.377. The number of hydrogen-bond acceptors (Lipinski definition) is 2. The third-order valence-corrected chi connectivity index (χ3v) is 4.37. The number of nitrogens with zero attached hydrogens (tertiary/aromatic N) is 2. The van der Waals surface area contributed by atoms with Crippen LogP contribution in [-0.2, 0) is 4.79 Å². The van der Waals surface area contributed by atoms with Crippen LogP contribution in [0.1, 0.15) is 17.0 Å². The van der Waals surface area contributed by atoms with Gasteiger partial charge in [0.15, 0.2) is 0 Å². The van der Waals surface area contributed by atoms with Gasteiger partial charge in [0, 0.05) is 23.8 Å². The molecule has 1 aromatic heterocycles. The molecule has 0 spiro atoms. The summed E-state index contributed by atoms with van der Waals surface area (Å²) in [6.07, 6.45) is 1.64. The first-order valence-electron chi connectivity index (χ1n) is 8.07. The van der Waals surface area contributed by atoms with E-state index in [1.165, 1.54) is 12.4 Å². The molecule has 25 heavy (non-hydrogen) atoms. The van der Waals surface area contributed by atoms with Crippen molar-refractivity contribution in [2.24, 2.45) is 0 Å². The van der Waals surface area contributed by atoms with Gasteiger partial charge >= 0.3 is 0 Å². The maximum absolute atomic E-state index is 11.8. The van der Waals surface area contributed by atoms with E-state index in [-0.39, 0.29) is 11.5 Å². The smallest absolute Gasteiger partial charge is 0.261 e. The first kappa shape index (κ1) is 16.5. The second kappa shape index (κ2) is 6.66. The first-order chi connectivity index (χ1) is 12.1. The Balaban J connectivity index is 2.20. The summed E-state index contributed by atoms with van der Waals surface area (Å²) in [5.41, 5.74) is 4.09. The monoisotopic (exact) mass is 329 g/mol. The van der Waals surface area contributed by atoms with Gasteiger partial charge in [0.2, 0.25) is 0 Å². The van der Waals surface area contributed by atoms with Crippen molar-refractivity contribution >= 4 is 22.8 Å². The zero-order valence-electron chi connectivity index (χ0n) is 14.5. The average molecular weight is 329 g/mol. The fourth-order valence-corrected chi connectivity index (χ4v) is 3.15. The van der Waals surface area contributed by atoms with Crippen LogP contribution < -0.4 is 5.32 Å². The van der Waals surface area contributed by atoms with Gasteiger partial charge in [-0.2, -0.15) is 5.26 Å². The van der Waals surface area contributed by atoms with E-state index in [4.69, 9.17) is 0 Å². The Morgan fingerprint density at radius 3 is 2.60 bits per heavy atom. The van der Waals surface area contributed by atoms with Crippen LogP contribution in [0.15, 0.2) is 54.1 Å².